The fourth-order valence-corrected chi connectivity index (χ4v) is 5.76. The van der Waals surface area contributed by atoms with Crippen molar-refractivity contribution in [2.45, 2.75) is 37.1 Å². The number of nitrogens with one attached hydrogen (secondary N) is 1. The van der Waals surface area contributed by atoms with E-state index in [1.807, 2.05) is 42.1 Å². The number of hydrogen-bond acceptors (Lipinski definition) is 5. The van der Waals surface area contributed by atoms with Gasteiger partial charge in [-0.3, -0.25) is 4.79 Å². The van der Waals surface area contributed by atoms with Gasteiger partial charge in [-0.25, -0.2) is 13.4 Å². The van der Waals surface area contributed by atoms with Crippen molar-refractivity contribution in [1.29, 1.82) is 0 Å². The van der Waals surface area contributed by atoms with E-state index in [0.717, 1.165) is 24.8 Å². The molecule has 0 aliphatic carbocycles. The summed E-state index contributed by atoms with van der Waals surface area (Å²) in [6.07, 6.45) is 6.23. The van der Waals surface area contributed by atoms with Gasteiger partial charge in [-0.2, -0.15) is 4.31 Å². The van der Waals surface area contributed by atoms with Gasteiger partial charge in [0.1, 0.15) is 17.6 Å². The zero-order valence-corrected chi connectivity index (χ0v) is 20.5. The number of carbonyl (C=O) groups excluding carboxylic acids is 1. The molecule has 1 saturated heterocycles. The Bertz CT molecular complexity index is 1260. The maximum Gasteiger partial charge on any atom is 0.252 e. The van der Waals surface area contributed by atoms with Crippen LogP contribution in [0.15, 0.2) is 59.8 Å². The average molecular weight is 483 g/mol. The second-order valence-corrected chi connectivity index (χ2v) is 10.5. The van der Waals surface area contributed by atoms with Gasteiger partial charge in [0.15, 0.2) is 0 Å². The lowest BCUT2D eigenvalue weighted by molar-refractivity contribution is 0.0940. The number of aromatic nitrogens is 2. The predicted octanol–water partition coefficient (Wildman–Crippen LogP) is 3.43. The van der Waals surface area contributed by atoms with E-state index in [4.69, 9.17) is 4.74 Å². The van der Waals surface area contributed by atoms with Crippen LogP contribution in [0.25, 0.3) is 0 Å². The van der Waals surface area contributed by atoms with E-state index in [1.54, 1.807) is 32.4 Å². The molecule has 0 saturated carbocycles. The molecule has 1 atom stereocenters. The third-order valence-electron chi connectivity index (χ3n) is 6.25. The third-order valence-corrected chi connectivity index (χ3v) is 8.14. The van der Waals surface area contributed by atoms with Gasteiger partial charge in [-0.1, -0.05) is 24.6 Å². The van der Waals surface area contributed by atoms with Crippen molar-refractivity contribution in [2.75, 3.05) is 20.2 Å². The number of amides is 1. The van der Waals surface area contributed by atoms with Crippen LogP contribution in [0.3, 0.4) is 0 Å². The van der Waals surface area contributed by atoms with Crippen LogP contribution in [0.2, 0.25) is 0 Å². The molecule has 1 aromatic heterocycles. The Balaban J connectivity index is 1.66. The average Bonchev–Trinajstić information content (AvgIpc) is 3.28. The lowest BCUT2D eigenvalue weighted by Gasteiger charge is -2.26. The van der Waals surface area contributed by atoms with Gasteiger partial charge in [-0.15, -0.1) is 0 Å². The minimum atomic E-state index is -3.65. The molecule has 9 heteroatoms. The number of aryl methyl sites for hydroxylation is 2. The van der Waals surface area contributed by atoms with Gasteiger partial charge in [0.2, 0.25) is 10.0 Å². The molecule has 3 aromatic rings. The maximum atomic E-state index is 13.5. The van der Waals surface area contributed by atoms with Gasteiger partial charge in [-0.05, 0) is 55.2 Å². The van der Waals surface area contributed by atoms with Gasteiger partial charge >= 0.3 is 0 Å². The minimum Gasteiger partial charge on any atom is -0.497 e. The normalized spacial score (nSPS) is 15.6. The first kappa shape index (κ1) is 24.0. The standard InChI is InChI=1S/C25H30N4O4S/c1-18-7-12-21(34(31,32)29-14-5-4-6-15-29)17-22(18)25(30)27-23(24-26-13-16-28(24)2)19-8-10-20(33-3)11-9-19/h7-13,16-17,23H,4-6,14-15H2,1-3H3,(H,27,30). The van der Waals surface area contributed by atoms with Crippen molar-refractivity contribution in [3.63, 3.8) is 0 Å². The van der Waals surface area contributed by atoms with E-state index in [0.29, 0.717) is 35.8 Å². The fraction of sp³-hybridized carbons (Fsp3) is 0.360. The number of imidazole rings is 1. The van der Waals surface area contributed by atoms with Crippen LogP contribution >= 0.6 is 0 Å². The summed E-state index contributed by atoms with van der Waals surface area (Å²) < 4.78 is 35.0. The lowest BCUT2D eigenvalue weighted by Crippen LogP contribution is -2.36. The molecule has 4 rings (SSSR count). The molecule has 1 aliphatic heterocycles. The van der Waals surface area contributed by atoms with Crippen molar-refractivity contribution in [3.8, 4) is 5.75 Å². The summed E-state index contributed by atoms with van der Waals surface area (Å²) >= 11 is 0. The largest absolute Gasteiger partial charge is 0.497 e. The number of carbonyl (C=O) groups is 1. The summed E-state index contributed by atoms with van der Waals surface area (Å²) in [7, 11) is -0.189. The van der Waals surface area contributed by atoms with E-state index in [-0.39, 0.29) is 10.8 Å². The van der Waals surface area contributed by atoms with Crippen LogP contribution in [0.5, 0.6) is 5.75 Å². The fourth-order valence-electron chi connectivity index (χ4n) is 4.22. The first-order chi connectivity index (χ1) is 16.3. The highest BCUT2D eigenvalue weighted by atomic mass is 32.2. The van der Waals surface area contributed by atoms with E-state index < -0.39 is 16.1 Å². The maximum absolute atomic E-state index is 13.5. The smallest absolute Gasteiger partial charge is 0.252 e. The zero-order chi connectivity index (χ0) is 24.3. The van der Waals surface area contributed by atoms with Gasteiger partial charge in [0, 0.05) is 38.1 Å². The van der Waals surface area contributed by atoms with Gasteiger partial charge in [0.25, 0.3) is 5.91 Å². The molecule has 0 radical (unpaired) electrons. The zero-order valence-electron chi connectivity index (χ0n) is 19.7. The number of nitrogens with zero attached hydrogens (tertiary/aromatic N) is 3. The van der Waals surface area contributed by atoms with Crippen LogP contribution in [0, 0.1) is 6.92 Å². The molecule has 1 N–H and O–H groups in total. The topological polar surface area (TPSA) is 93.5 Å². The highest BCUT2D eigenvalue weighted by Crippen LogP contribution is 2.26. The molecule has 180 valence electrons. The van der Waals surface area contributed by atoms with Crippen molar-refractivity contribution in [1.82, 2.24) is 19.2 Å². The molecule has 2 heterocycles. The van der Waals surface area contributed by atoms with Crippen LogP contribution in [0.1, 0.15) is 52.6 Å². The monoisotopic (exact) mass is 482 g/mol. The third kappa shape index (κ3) is 4.85. The molecule has 0 spiro atoms. The first-order valence-corrected chi connectivity index (χ1v) is 12.8. The number of piperidine rings is 1. The number of hydrogen-bond donors (Lipinski definition) is 1. The Labute approximate surface area is 200 Å². The summed E-state index contributed by atoms with van der Waals surface area (Å²) in [5.41, 5.74) is 1.85. The SMILES string of the molecule is COc1ccc(C(NC(=O)c2cc(S(=O)(=O)N3CCCCC3)ccc2C)c2nccn2C)cc1. The highest BCUT2D eigenvalue weighted by Gasteiger charge is 2.28. The summed E-state index contributed by atoms with van der Waals surface area (Å²) in [6, 6.07) is 11.6. The lowest BCUT2D eigenvalue weighted by atomic mass is 10.0. The Morgan fingerprint density at radius 2 is 1.79 bits per heavy atom. The number of rotatable bonds is 7. The van der Waals surface area contributed by atoms with Crippen molar-refractivity contribution >= 4 is 15.9 Å². The number of methoxy groups -OCH3 is 1. The second kappa shape index (κ2) is 9.99. The van der Waals surface area contributed by atoms with Crippen LogP contribution in [-0.2, 0) is 17.1 Å². The van der Waals surface area contributed by atoms with Crippen molar-refractivity contribution in [3.05, 3.63) is 77.4 Å². The molecular weight excluding hydrogens is 452 g/mol. The van der Waals surface area contributed by atoms with Crippen LogP contribution in [-0.4, -0.2) is 48.4 Å². The van der Waals surface area contributed by atoms with E-state index >= 15 is 0 Å². The van der Waals surface area contributed by atoms with Gasteiger partial charge in [0.05, 0.1) is 12.0 Å². The van der Waals surface area contributed by atoms with Gasteiger partial charge < -0.3 is 14.6 Å². The molecule has 1 amide bonds. The summed E-state index contributed by atoms with van der Waals surface area (Å²) in [5, 5.41) is 3.06. The Hall–Kier alpha value is -3.17. The van der Waals surface area contributed by atoms with E-state index in [2.05, 4.69) is 10.3 Å². The first-order valence-electron chi connectivity index (χ1n) is 11.3. The number of ether oxygens (including phenoxy) is 1. The minimum absolute atomic E-state index is 0.142. The molecule has 1 fully saturated rings. The van der Waals surface area contributed by atoms with E-state index in [9.17, 15) is 13.2 Å². The Kier molecular flexibility index (Phi) is 7.04. The quantitative estimate of drug-likeness (QED) is 0.557. The molecule has 8 nitrogen and oxygen atoms in total. The Morgan fingerprint density at radius 1 is 1.09 bits per heavy atom. The summed E-state index contributed by atoms with van der Waals surface area (Å²) in [5.74, 6) is 1.01. The molecule has 2 aromatic carbocycles. The second-order valence-electron chi connectivity index (χ2n) is 8.52. The summed E-state index contributed by atoms with van der Waals surface area (Å²) in [6.45, 7) is 2.82. The Morgan fingerprint density at radius 3 is 2.41 bits per heavy atom. The van der Waals surface area contributed by atoms with Crippen molar-refractivity contribution < 1.29 is 17.9 Å². The van der Waals surface area contributed by atoms with E-state index in [1.165, 1.54) is 10.4 Å². The van der Waals surface area contributed by atoms with Crippen LogP contribution in [0.4, 0.5) is 0 Å². The van der Waals surface area contributed by atoms with Crippen molar-refractivity contribution in [2.24, 2.45) is 7.05 Å². The molecule has 0 bridgehead atoms. The molecular formula is C25H30N4O4S. The molecule has 1 aliphatic rings. The molecule has 1 unspecified atom stereocenters. The highest BCUT2D eigenvalue weighted by molar-refractivity contribution is 7.89. The number of benzene rings is 2. The molecule has 34 heavy (non-hydrogen) atoms. The van der Waals surface area contributed by atoms with Crippen LogP contribution < -0.4 is 10.1 Å². The number of sulfonamides is 1. The predicted molar refractivity (Wildman–Crippen MR) is 129 cm³/mol. The summed E-state index contributed by atoms with van der Waals surface area (Å²) in [4.78, 5) is 18.0.